The maximum absolute atomic E-state index is 13.3. The molecule has 0 fully saturated rings. The molecule has 20 heavy (non-hydrogen) atoms. The molecule has 2 aromatic carbocycles. The third-order valence-electron chi connectivity index (χ3n) is 2.73. The first-order valence-electron chi connectivity index (χ1n) is 5.93. The Labute approximate surface area is 134 Å². The normalized spacial score (nSPS) is 10.4. The molecule has 106 valence electrons. The highest BCUT2D eigenvalue weighted by Crippen LogP contribution is 2.27. The van der Waals surface area contributed by atoms with E-state index in [2.05, 4.69) is 31.9 Å². The molecule has 0 saturated heterocycles. The molecule has 0 aliphatic rings. The number of hydrogen-bond acceptors (Lipinski definition) is 2. The van der Waals surface area contributed by atoms with E-state index in [0.29, 0.717) is 16.4 Å². The van der Waals surface area contributed by atoms with Gasteiger partial charge in [-0.15, -0.1) is 0 Å². The van der Waals surface area contributed by atoms with Gasteiger partial charge in [0.2, 0.25) is 0 Å². The lowest BCUT2D eigenvalue weighted by atomic mass is 10.2. The van der Waals surface area contributed by atoms with Crippen LogP contribution in [0.2, 0.25) is 0 Å². The van der Waals surface area contributed by atoms with E-state index in [-0.39, 0.29) is 5.82 Å². The predicted octanol–water partition coefficient (Wildman–Crippen LogP) is 5.07. The average Bonchev–Trinajstić information content (AvgIpc) is 2.43. The second-order valence-corrected chi connectivity index (χ2v) is 5.65. The summed E-state index contributed by atoms with van der Waals surface area (Å²) in [5.74, 6) is 1.16. The van der Waals surface area contributed by atoms with Crippen molar-refractivity contribution in [3.05, 3.63) is 57.8 Å². The van der Waals surface area contributed by atoms with Crippen LogP contribution in [0.1, 0.15) is 11.1 Å². The van der Waals surface area contributed by atoms with E-state index < -0.39 is 0 Å². The molecule has 0 spiro atoms. The van der Waals surface area contributed by atoms with Gasteiger partial charge in [0.15, 0.2) is 0 Å². The summed E-state index contributed by atoms with van der Waals surface area (Å²) in [4.78, 5) is 0. The Morgan fingerprint density at radius 3 is 2.60 bits per heavy atom. The smallest absolute Gasteiger partial charge is 0.127 e. The van der Waals surface area contributed by atoms with Gasteiger partial charge >= 0.3 is 0 Å². The zero-order valence-corrected chi connectivity index (χ0v) is 14.0. The number of hydrogen-bond donors (Lipinski definition) is 0. The van der Waals surface area contributed by atoms with Gasteiger partial charge in [-0.05, 0) is 29.8 Å². The fourth-order valence-electron chi connectivity index (χ4n) is 1.76. The summed E-state index contributed by atoms with van der Waals surface area (Å²) in [6, 6.07) is 10.3. The highest BCUT2D eigenvalue weighted by Gasteiger charge is 2.06. The number of halogens is 3. The van der Waals surface area contributed by atoms with Crippen molar-refractivity contribution in [3.63, 3.8) is 0 Å². The zero-order valence-electron chi connectivity index (χ0n) is 10.8. The molecular formula is C15H13Br2FO2. The van der Waals surface area contributed by atoms with E-state index in [0.717, 1.165) is 22.6 Å². The first-order chi connectivity index (χ1) is 9.62. The molecule has 0 atom stereocenters. The third-order valence-corrected chi connectivity index (χ3v) is 3.80. The van der Waals surface area contributed by atoms with Gasteiger partial charge in [0, 0.05) is 21.4 Å². The fraction of sp³-hybridized carbons (Fsp3) is 0.200. The minimum Gasteiger partial charge on any atom is -0.497 e. The largest absolute Gasteiger partial charge is 0.497 e. The number of methoxy groups -OCH3 is 1. The Morgan fingerprint density at radius 1 is 1.15 bits per heavy atom. The number of ether oxygens (including phenoxy) is 2. The van der Waals surface area contributed by atoms with Crippen molar-refractivity contribution < 1.29 is 13.9 Å². The van der Waals surface area contributed by atoms with Crippen LogP contribution in [0.4, 0.5) is 4.39 Å². The molecule has 2 nitrogen and oxygen atoms in total. The van der Waals surface area contributed by atoms with Crippen LogP contribution >= 0.6 is 31.9 Å². The van der Waals surface area contributed by atoms with Crippen LogP contribution in [0.3, 0.4) is 0 Å². The molecule has 0 heterocycles. The molecule has 0 aromatic heterocycles. The van der Waals surface area contributed by atoms with E-state index >= 15 is 0 Å². The van der Waals surface area contributed by atoms with Crippen molar-refractivity contribution in [1.29, 1.82) is 0 Å². The van der Waals surface area contributed by atoms with Crippen LogP contribution in [-0.2, 0) is 11.9 Å². The van der Waals surface area contributed by atoms with Gasteiger partial charge in [-0.1, -0.05) is 37.9 Å². The Balaban J connectivity index is 2.17. The quantitative estimate of drug-likeness (QED) is 0.648. The van der Waals surface area contributed by atoms with Gasteiger partial charge in [-0.3, -0.25) is 0 Å². The van der Waals surface area contributed by atoms with Crippen molar-refractivity contribution in [2.24, 2.45) is 0 Å². The Kier molecular flexibility index (Phi) is 5.43. The van der Waals surface area contributed by atoms with Gasteiger partial charge in [-0.25, -0.2) is 4.39 Å². The first kappa shape index (κ1) is 15.3. The zero-order chi connectivity index (χ0) is 14.5. The number of rotatable bonds is 5. The molecule has 0 aliphatic carbocycles. The van der Waals surface area contributed by atoms with E-state index in [4.69, 9.17) is 9.47 Å². The van der Waals surface area contributed by atoms with E-state index in [1.54, 1.807) is 7.11 Å². The van der Waals surface area contributed by atoms with Crippen LogP contribution < -0.4 is 9.47 Å². The van der Waals surface area contributed by atoms with E-state index in [1.165, 1.54) is 12.1 Å². The van der Waals surface area contributed by atoms with Crippen LogP contribution in [0.15, 0.2) is 40.9 Å². The van der Waals surface area contributed by atoms with E-state index in [1.807, 2.05) is 24.3 Å². The molecule has 2 rings (SSSR count). The Bertz CT molecular complexity index is 582. The van der Waals surface area contributed by atoms with Gasteiger partial charge in [0.1, 0.15) is 23.9 Å². The molecule has 2 aromatic rings. The lowest BCUT2D eigenvalue weighted by Crippen LogP contribution is -1.99. The number of alkyl halides is 1. The van der Waals surface area contributed by atoms with Gasteiger partial charge in [0.25, 0.3) is 0 Å². The van der Waals surface area contributed by atoms with Crippen molar-refractivity contribution in [1.82, 2.24) is 0 Å². The van der Waals surface area contributed by atoms with Crippen molar-refractivity contribution >= 4 is 31.9 Å². The summed E-state index contributed by atoms with van der Waals surface area (Å²) < 4.78 is 25.0. The monoisotopic (exact) mass is 402 g/mol. The van der Waals surface area contributed by atoms with Crippen LogP contribution in [0.25, 0.3) is 0 Å². The van der Waals surface area contributed by atoms with Gasteiger partial charge in [-0.2, -0.15) is 0 Å². The van der Waals surface area contributed by atoms with Crippen molar-refractivity contribution in [2.75, 3.05) is 7.11 Å². The Hall–Kier alpha value is -1.07. The molecule has 0 radical (unpaired) electrons. The predicted molar refractivity (Wildman–Crippen MR) is 84.1 cm³/mol. The summed E-state index contributed by atoms with van der Waals surface area (Å²) in [5, 5.41) is 0.680. The van der Waals surface area contributed by atoms with Crippen molar-refractivity contribution in [2.45, 2.75) is 11.9 Å². The van der Waals surface area contributed by atoms with Gasteiger partial charge < -0.3 is 9.47 Å². The summed E-state index contributed by atoms with van der Waals surface area (Å²) in [5.41, 5.74) is 1.78. The van der Waals surface area contributed by atoms with Gasteiger partial charge in [0.05, 0.1) is 7.11 Å². The van der Waals surface area contributed by atoms with E-state index in [9.17, 15) is 4.39 Å². The SMILES string of the molecule is COc1ccc(CBr)c(OCc2cc(F)cc(Br)c2)c1. The van der Waals surface area contributed by atoms with Crippen LogP contribution in [0.5, 0.6) is 11.5 Å². The molecule has 0 aliphatic heterocycles. The molecule has 0 N–H and O–H groups in total. The lowest BCUT2D eigenvalue weighted by Gasteiger charge is -2.12. The molecule has 5 heteroatoms. The molecule has 0 amide bonds. The molecule has 0 bridgehead atoms. The van der Waals surface area contributed by atoms with Crippen molar-refractivity contribution in [3.8, 4) is 11.5 Å². The number of benzene rings is 2. The first-order valence-corrected chi connectivity index (χ1v) is 7.84. The maximum Gasteiger partial charge on any atom is 0.127 e. The third kappa shape index (κ3) is 3.96. The Morgan fingerprint density at radius 2 is 1.95 bits per heavy atom. The van der Waals surface area contributed by atoms with Crippen LogP contribution in [0, 0.1) is 5.82 Å². The highest BCUT2D eigenvalue weighted by molar-refractivity contribution is 9.10. The maximum atomic E-state index is 13.3. The summed E-state index contributed by atoms with van der Waals surface area (Å²) in [6.45, 7) is 0.295. The summed E-state index contributed by atoms with van der Waals surface area (Å²) in [7, 11) is 1.61. The molecule has 0 unspecified atom stereocenters. The minimum absolute atomic E-state index is 0.288. The van der Waals surface area contributed by atoms with Crippen LogP contribution in [-0.4, -0.2) is 7.11 Å². The molecule has 0 saturated carbocycles. The lowest BCUT2D eigenvalue weighted by molar-refractivity contribution is 0.300. The summed E-state index contributed by atoms with van der Waals surface area (Å²) in [6.07, 6.45) is 0. The summed E-state index contributed by atoms with van der Waals surface area (Å²) >= 11 is 6.68. The highest BCUT2D eigenvalue weighted by atomic mass is 79.9. The average molecular weight is 404 g/mol. The minimum atomic E-state index is -0.288. The standard InChI is InChI=1S/C15H13Br2FO2/c1-19-14-3-2-11(8-16)15(7-14)20-9-10-4-12(17)6-13(18)5-10/h2-7H,8-9H2,1H3. The topological polar surface area (TPSA) is 18.5 Å². The fourth-order valence-corrected chi connectivity index (χ4v) is 2.74. The second-order valence-electron chi connectivity index (χ2n) is 4.17. The second kappa shape index (κ2) is 7.09. The molecular weight excluding hydrogens is 391 g/mol.